The topological polar surface area (TPSA) is 69.9 Å². The first-order valence-corrected chi connectivity index (χ1v) is 16.0. The van der Waals surface area contributed by atoms with Gasteiger partial charge in [0.25, 0.3) is 5.56 Å². The number of allylic oxidation sites excluding steroid dienone is 1. The summed E-state index contributed by atoms with van der Waals surface area (Å²) < 4.78 is 15.1. The van der Waals surface area contributed by atoms with Crippen LogP contribution in [0.1, 0.15) is 61.9 Å². The van der Waals surface area contributed by atoms with Gasteiger partial charge in [-0.05, 0) is 92.1 Å². The first-order valence-electron chi connectivity index (χ1n) is 13.6. The van der Waals surface area contributed by atoms with Crippen LogP contribution in [0.2, 0.25) is 0 Å². The van der Waals surface area contributed by atoms with Crippen molar-refractivity contribution >= 4 is 55.2 Å². The summed E-state index contributed by atoms with van der Waals surface area (Å²) in [5.41, 5.74) is 4.58. The summed E-state index contributed by atoms with van der Waals surface area (Å²) in [5.74, 6) is 0.568. The van der Waals surface area contributed by atoms with Crippen molar-refractivity contribution in [3.05, 3.63) is 129 Å². The lowest BCUT2D eigenvalue weighted by molar-refractivity contribution is -0.139. The van der Waals surface area contributed by atoms with E-state index in [-0.39, 0.29) is 12.2 Å². The molecule has 0 fully saturated rings. The van der Waals surface area contributed by atoms with Gasteiger partial charge in [-0.15, -0.1) is 0 Å². The Morgan fingerprint density at radius 2 is 1.74 bits per heavy atom. The molecule has 6 nitrogen and oxygen atoms in total. The van der Waals surface area contributed by atoms with Crippen LogP contribution >= 0.6 is 43.2 Å². The molecule has 1 atom stereocenters. The van der Waals surface area contributed by atoms with Gasteiger partial charge >= 0.3 is 5.97 Å². The van der Waals surface area contributed by atoms with Crippen molar-refractivity contribution in [2.24, 2.45) is 4.99 Å². The number of hydrogen-bond donors (Lipinski definition) is 0. The van der Waals surface area contributed by atoms with Crippen molar-refractivity contribution in [3.8, 4) is 5.75 Å². The average Bonchev–Trinajstić information content (AvgIpc) is 3.26. The Hall–Kier alpha value is -3.27. The molecule has 1 aliphatic heterocycles. The molecule has 0 N–H and O–H groups in total. The van der Waals surface area contributed by atoms with E-state index < -0.39 is 12.0 Å². The maximum Gasteiger partial charge on any atom is 0.338 e. The second kappa shape index (κ2) is 12.9. The number of esters is 1. The molecule has 2 heterocycles. The van der Waals surface area contributed by atoms with Gasteiger partial charge in [0.1, 0.15) is 12.4 Å². The van der Waals surface area contributed by atoms with Crippen LogP contribution in [0.25, 0.3) is 6.08 Å². The van der Waals surface area contributed by atoms with E-state index in [0.717, 1.165) is 25.6 Å². The van der Waals surface area contributed by atoms with Crippen LogP contribution in [0.15, 0.2) is 96.7 Å². The molecule has 0 aliphatic carbocycles. The van der Waals surface area contributed by atoms with Gasteiger partial charge in [-0.2, -0.15) is 0 Å². The molecular formula is C33H30Br2N2O4S. The number of carbonyl (C=O) groups excluding carboxylic acids is 1. The van der Waals surface area contributed by atoms with Crippen molar-refractivity contribution in [2.75, 3.05) is 6.61 Å². The van der Waals surface area contributed by atoms with Crippen molar-refractivity contribution in [1.29, 1.82) is 0 Å². The lowest BCUT2D eigenvalue weighted by Crippen LogP contribution is -2.39. The second-order valence-electron chi connectivity index (χ2n) is 10.2. The lowest BCUT2D eigenvalue weighted by atomic mass is 9.93. The van der Waals surface area contributed by atoms with Gasteiger partial charge in [-0.25, -0.2) is 9.79 Å². The Kier molecular flexibility index (Phi) is 9.30. The van der Waals surface area contributed by atoms with Crippen LogP contribution < -0.4 is 19.6 Å². The van der Waals surface area contributed by atoms with E-state index in [1.807, 2.05) is 72.8 Å². The van der Waals surface area contributed by atoms with Gasteiger partial charge in [0.2, 0.25) is 0 Å². The molecule has 4 aromatic rings. The Balaban J connectivity index is 1.57. The summed E-state index contributed by atoms with van der Waals surface area (Å²) in [6.45, 7) is 8.48. The molecule has 1 aromatic heterocycles. The zero-order valence-corrected chi connectivity index (χ0v) is 27.7. The van der Waals surface area contributed by atoms with Crippen LogP contribution in [0, 0.1) is 0 Å². The summed E-state index contributed by atoms with van der Waals surface area (Å²) in [6.07, 6.45) is 1.84. The quantitative estimate of drug-likeness (QED) is 0.184. The molecular weight excluding hydrogens is 680 g/mol. The van der Waals surface area contributed by atoms with Gasteiger partial charge in [0.15, 0.2) is 4.80 Å². The van der Waals surface area contributed by atoms with Crippen molar-refractivity contribution < 1.29 is 14.3 Å². The Morgan fingerprint density at radius 1 is 1.07 bits per heavy atom. The largest absolute Gasteiger partial charge is 0.487 e. The van der Waals surface area contributed by atoms with Crippen molar-refractivity contribution in [3.63, 3.8) is 0 Å². The van der Waals surface area contributed by atoms with Gasteiger partial charge in [-0.1, -0.05) is 79.8 Å². The molecule has 9 heteroatoms. The monoisotopic (exact) mass is 708 g/mol. The number of thiazole rings is 1. The number of fused-ring (bicyclic) bond motifs is 1. The van der Waals surface area contributed by atoms with E-state index in [4.69, 9.17) is 9.47 Å². The van der Waals surface area contributed by atoms with Crippen LogP contribution in [0.3, 0.4) is 0 Å². The number of rotatable bonds is 8. The van der Waals surface area contributed by atoms with E-state index in [0.29, 0.717) is 38.9 Å². The highest BCUT2D eigenvalue weighted by atomic mass is 79.9. The summed E-state index contributed by atoms with van der Waals surface area (Å²) >= 11 is 8.56. The molecule has 216 valence electrons. The van der Waals surface area contributed by atoms with E-state index in [2.05, 4.69) is 50.7 Å². The fraction of sp³-hybridized carbons (Fsp3) is 0.242. The van der Waals surface area contributed by atoms with E-state index in [1.54, 1.807) is 18.4 Å². The minimum absolute atomic E-state index is 0.220. The average molecular weight is 710 g/mol. The zero-order chi connectivity index (χ0) is 30.0. The molecule has 42 heavy (non-hydrogen) atoms. The highest BCUT2D eigenvalue weighted by molar-refractivity contribution is 9.11. The minimum atomic E-state index is -0.643. The fourth-order valence-corrected chi connectivity index (χ4v) is 7.35. The number of benzene rings is 3. The van der Waals surface area contributed by atoms with Crippen molar-refractivity contribution in [2.45, 2.75) is 46.3 Å². The van der Waals surface area contributed by atoms with E-state index in [9.17, 15) is 9.59 Å². The van der Waals surface area contributed by atoms with Gasteiger partial charge in [0, 0.05) is 0 Å². The van der Waals surface area contributed by atoms with Gasteiger partial charge < -0.3 is 9.47 Å². The number of halogens is 2. The smallest absolute Gasteiger partial charge is 0.338 e. The molecule has 5 rings (SSSR count). The molecule has 0 bridgehead atoms. The number of ether oxygens (including phenoxy) is 2. The highest BCUT2D eigenvalue weighted by Gasteiger charge is 2.33. The van der Waals surface area contributed by atoms with Gasteiger partial charge in [0.05, 0.1) is 37.4 Å². The normalized spacial score (nSPS) is 15.0. The standard InChI is InChI=1S/C33H30Br2N2O4S/c1-5-40-32(39)28-20(4)36-33-37(29(28)24-13-11-23(12-14-24)19(2)3)31(38)27(42-33)17-22-15-25(34)30(26(35)16-22)41-18-21-9-7-6-8-10-21/h6-17,19,29H,5,18H2,1-4H3/b27-17-/t29-/m1/s1. The molecule has 0 unspecified atom stereocenters. The van der Waals surface area contributed by atoms with Crippen LogP contribution in [0.4, 0.5) is 0 Å². The second-order valence-corrected chi connectivity index (χ2v) is 12.9. The summed E-state index contributed by atoms with van der Waals surface area (Å²) in [4.78, 5) is 32.3. The molecule has 0 radical (unpaired) electrons. The summed E-state index contributed by atoms with van der Waals surface area (Å²) in [7, 11) is 0. The SMILES string of the molecule is CCOC(=O)C1=C(C)N=c2s/c(=C\c3cc(Br)c(OCc4ccccc4)c(Br)c3)c(=O)n2[C@@H]1c1ccc(C(C)C)cc1. The van der Waals surface area contributed by atoms with Gasteiger partial charge in [-0.3, -0.25) is 9.36 Å². The first kappa shape index (κ1) is 30.2. The Bertz CT molecular complexity index is 1820. The third kappa shape index (κ3) is 6.23. The summed E-state index contributed by atoms with van der Waals surface area (Å²) in [5, 5.41) is 0. The predicted molar refractivity (Wildman–Crippen MR) is 174 cm³/mol. The number of carbonyl (C=O) groups is 1. The third-order valence-electron chi connectivity index (χ3n) is 6.98. The number of hydrogen-bond acceptors (Lipinski definition) is 6. The molecule has 0 saturated carbocycles. The predicted octanol–water partition coefficient (Wildman–Crippen LogP) is 7.03. The molecule has 0 amide bonds. The van der Waals surface area contributed by atoms with Crippen LogP contribution in [0.5, 0.6) is 5.75 Å². The fourth-order valence-electron chi connectivity index (χ4n) is 4.85. The Morgan fingerprint density at radius 3 is 2.36 bits per heavy atom. The van der Waals surface area contributed by atoms with E-state index >= 15 is 0 Å². The van der Waals surface area contributed by atoms with Crippen LogP contribution in [-0.2, 0) is 16.1 Å². The molecule has 0 spiro atoms. The third-order valence-corrected chi connectivity index (χ3v) is 9.14. The molecule has 0 saturated heterocycles. The number of nitrogens with zero attached hydrogens (tertiary/aromatic N) is 2. The first-order chi connectivity index (χ1) is 20.2. The van der Waals surface area contributed by atoms with Crippen LogP contribution in [-0.4, -0.2) is 17.1 Å². The minimum Gasteiger partial charge on any atom is -0.487 e. The summed E-state index contributed by atoms with van der Waals surface area (Å²) in [6, 6.07) is 21.2. The molecule has 1 aliphatic rings. The zero-order valence-electron chi connectivity index (χ0n) is 23.7. The highest BCUT2D eigenvalue weighted by Crippen LogP contribution is 2.36. The Labute approximate surface area is 265 Å². The van der Waals surface area contributed by atoms with Crippen molar-refractivity contribution in [1.82, 2.24) is 4.57 Å². The van der Waals surface area contributed by atoms with E-state index in [1.165, 1.54) is 16.9 Å². The maximum absolute atomic E-state index is 14.0. The maximum atomic E-state index is 14.0. The lowest BCUT2D eigenvalue weighted by Gasteiger charge is -2.25. The molecule has 3 aromatic carbocycles. The number of aromatic nitrogens is 1.